The van der Waals surface area contributed by atoms with Gasteiger partial charge >= 0.3 is 0 Å². The Labute approximate surface area is 146 Å². The lowest BCUT2D eigenvalue weighted by molar-refractivity contribution is -0.124. The van der Waals surface area contributed by atoms with Crippen LogP contribution in [-0.2, 0) is 9.53 Å². The fraction of sp³-hybridized carbons (Fsp3) is 0.562. The summed E-state index contributed by atoms with van der Waals surface area (Å²) in [5.41, 5.74) is 0. The summed E-state index contributed by atoms with van der Waals surface area (Å²) < 4.78 is 5.80. The Kier molecular flexibility index (Phi) is 5.34. The average Bonchev–Trinajstić information content (AvgIpc) is 3.12. The molecule has 1 fully saturated rings. The number of nitrogens with zero attached hydrogens (tertiary/aromatic N) is 5. The van der Waals surface area contributed by atoms with Gasteiger partial charge in [0.15, 0.2) is 11.6 Å². The Morgan fingerprint density at radius 3 is 2.80 bits per heavy atom. The molecule has 134 valence electrons. The summed E-state index contributed by atoms with van der Waals surface area (Å²) in [6, 6.07) is 1.37. The molecular formula is C16H23N7O2. The van der Waals surface area contributed by atoms with Crippen LogP contribution in [0.1, 0.15) is 44.4 Å². The van der Waals surface area contributed by atoms with E-state index in [0.29, 0.717) is 31.5 Å². The molecule has 0 bridgehead atoms. The molecule has 0 aromatic carbocycles. The van der Waals surface area contributed by atoms with Crippen molar-refractivity contribution in [3.63, 3.8) is 0 Å². The normalized spacial score (nSPS) is 19.8. The standard InChI is InChI=1S/C16H23N7O2/c1-10(2)13-19-14(22-21-13)12-9-23(7-8-25-12)11(3)15(24)20-16-17-5-4-6-18-16/h4-6,10-12H,7-9H2,1-3H3,(H,19,21,22)(H,17,18,20,24). The summed E-state index contributed by atoms with van der Waals surface area (Å²) >= 11 is 0. The van der Waals surface area contributed by atoms with E-state index in [0.717, 1.165) is 5.82 Å². The Hall–Kier alpha value is -2.39. The molecule has 9 heteroatoms. The molecule has 0 radical (unpaired) electrons. The average molecular weight is 345 g/mol. The van der Waals surface area contributed by atoms with Crippen molar-refractivity contribution in [2.24, 2.45) is 0 Å². The van der Waals surface area contributed by atoms with Crippen LogP contribution in [0.15, 0.2) is 18.5 Å². The van der Waals surface area contributed by atoms with Crippen molar-refractivity contribution < 1.29 is 9.53 Å². The van der Waals surface area contributed by atoms with Crippen molar-refractivity contribution in [3.8, 4) is 0 Å². The largest absolute Gasteiger partial charge is 0.368 e. The second-order valence-corrected chi connectivity index (χ2v) is 6.33. The summed E-state index contributed by atoms with van der Waals surface area (Å²) in [7, 11) is 0. The zero-order chi connectivity index (χ0) is 17.8. The molecule has 2 unspecified atom stereocenters. The molecule has 1 saturated heterocycles. The van der Waals surface area contributed by atoms with Gasteiger partial charge in [-0.25, -0.2) is 15.0 Å². The van der Waals surface area contributed by atoms with Gasteiger partial charge in [-0.3, -0.25) is 20.1 Å². The van der Waals surface area contributed by atoms with Crippen molar-refractivity contribution in [2.45, 2.75) is 38.8 Å². The summed E-state index contributed by atoms with van der Waals surface area (Å²) in [5.74, 6) is 1.88. The van der Waals surface area contributed by atoms with Crippen LogP contribution in [0.25, 0.3) is 0 Å². The monoisotopic (exact) mass is 345 g/mol. The molecule has 1 aliphatic heterocycles. The van der Waals surface area contributed by atoms with Crippen LogP contribution in [0, 0.1) is 0 Å². The van der Waals surface area contributed by atoms with Crippen LogP contribution in [0.4, 0.5) is 5.95 Å². The number of hydrogen-bond acceptors (Lipinski definition) is 7. The quantitative estimate of drug-likeness (QED) is 0.835. The third kappa shape index (κ3) is 4.18. The van der Waals surface area contributed by atoms with E-state index in [2.05, 4.69) is 35.4 Å². The van der Waals surface area contributed by atoms with Gasteiger partial charge in [-0.15, -0.1) is 0 Å². The van der Waals surface area contributed by atoms with E-state index >= 15 is 0 Å². The first-order valence-corrected chi connectivity index (χ1v) is 8.40. The van der Waals surface area contributed by atoms with E-state index < -0.39 is 0 Å². The maximum atomic E-state index is 12.4. The number of hydrogen-bond donors (Lipinski definition) is 2. The minimum Gasteiger partial charge on any atom is -0.368 e. The second-order valence-electron chi connectivity index (χ2n) is 6.33. The summed E-state index contributed by atoms with van der Waals surface area (Å²) in [5, 5.41) is 9.91. The van der Waals surface area contributed by atoms with E-state index in [1.807, 2.05) is 20.8 Å². The third-order valence-corrected chi connectivity index (χ3v) is 4.17. The molecule has 3 heterocycles. The molecule has 2 aromatic heterocycles. The number of carbonyl (C=O) groups excluding carboxylic acids is 1. The van der Waals surface area contributed by atoms with Crippen LogP contribution in [-0.4, -0.2) is 61.7 Å². The lowest BCUT2D eigenvalue weighted by Gasteiger charge is -2.35. The van der Waals surface area contributed by atoms with Crippen LogP contribution >= 0.6 is 0 Å². The molecule has 0 saturated carbocycles. The highest BCUT2D eigenvalue weighted by atomic mass is 16.5. The van der Waals surface area contributed by atoms with E-state index in [1.54, 1.807) is 18.5 Å². The lowest BCUT2D eigenvalue weighted by Crippen LogP contribution is -2.48. The van der Waals surface area contributed by atoms with Gasteiger partial charge in [-0.05, 0) is 13.0 Å². The highest BCUT2D eigenvalue weighted by Gasteiger charge is 2.30. The number of anilines is 1. The smallest absolute Gasteiger partial charge is 0.243 e. The van der Waals surface area contributed by atoms with Gasteiger partial charge in [0.25, 0.3) is 0 Å². The van der Waals surface area contributed by atoms with Gasteiger partial charge < -0.3 is 4.74 Å². The predicted octanol–water partition coefficient (Wildman–Crippen LogP) is 1.12. The fourth-order valence-electron chi connectivity index (χ4n) is 2.62. The van der Waals surface area contributed by atoms with Crippen molar-refractivity contribution in [2.75, 3.05) is 25.0 Å². The number of nitrogens with one attached hydrogen (secondary N) is 2. The van der Waals surface area contributed by atoms with Crippen molar-refractivity contribution in [1.29, 1.82) is 0 Å². The number of rotatable bonds is 5. The van der Waals surface area contributed by atoms with Crippen LogP contribution < -0.4 is 5.32 Å². The molecule has 2 atom stereocenters. The van der Waals surface area contributed by atoms with E-state index in [1.165, 1.54) is 0 Å². The van der Waals surface area contributed by atoms with Gasteiger partial charge in [0.1, 0.15) is 6.10 Å². The minimum atomic E-state index is -0.331. The molecule has 2 N–H and O–H groups in total. The maximum Gasteiger partial charge on any atom is 0.243 e. The zero-order valence-corrected chi connectivity index (χ0v) is 14.6. The number of ether oxygens (including phenoxy) is 1. The first-order valence-electron chi connectivity index (χ1n) is 8.40. The van der Waals surface area contributed by atoms with Gasteiger partial charge in [0.2, 0.25) is 11.9 Å². The number of aromatic nitrogens is 5. The highest BCUT2D eigenvalue weighted by Crippen LogP contribution is 2.22. The number of H-pyrrole nitrogens is 1. The maximum absolute atomic E-state index is 12.4. The van der Waals surface area contributed by atoms with Gasteiger partial charge in [-0.1, -0.05) is 13.8 Å². The third-order valence-electron chi connectivity index (χ3n) is 4.17. The highest BCUT2D eigenvalue weighted by molar-refractivity contribution is 5.93. The minimum absolute atomic E-state index is 0.146. The van der Waals surface area contributed by atoms with Crippen molar-refractivity contribution in [3.05, 3.63) is 30.1 Å². The summed E-state index contributed by atoms with van der Waals surface area (Å²) in [4.78, 5) is 27.0. The van der Waals surface area contributed by atoms with Gasteiger partial charge in [-0.2, -0.15) is 5.10 Å². The molecule has 0 spiro atoms. The molecule has 1 aliphatic rings. The first kappa shape index (κ1) is 17.4. The topological polar surface area (TPSA) is 109 Å². The summed E-state index contributed by atoms with van der Waals surface area (Å²) in [6.45, 7) is 7.71. The summed E-state index contributed by atoms with van der Waals surface area (Å²) in [6.07, 6.45) is 2.96. The molecule has 9 nitrogen and oxygen atoms in total. The number of carbonyl (C=O) groups is 1. The Balaban J connectivity index is 1.62. The van der Waals surface area contributed by atoms with Gasteiger partial charge in [0.05, 0.1) is 12.6 Å². The number of morpholine rings is 1. The molecule has 3 rings (SSSR count). The van der Waals surface area contributed by atoms with Crippen LogP contribution in [0.3, 0.4) is 0 Å². The SMILES string of the molecule is CC(C)c1n[nH]c(C2CN(C(C)C(=O)Nc3ncccn3)CCO2)n1. The predicted molar refractivity (Wildman–Crippen MR) is 90.9 cm³/mol. The lowest BCUT2D eigenvalue weighted by atomic mass is 10.2. The molecule has 2 aromatic rings. The van der Waals surface area contributed by atoms with E-state index in [9.17, 15) is 4.79 Å². The molecule has 1 amide bonds. The van der Waals surface area contributed by atoms with Gasteiger partial charge in [0, 0.05) is 31.4 Å². The molecule has 0 aliphatic carbocycles. The first-order chi connectivity index (χ1) is 12.0. The Morgan fingerprint density at radius 2 is 2.12 bits per heavy atom. The van der Waals surface area contributed by atoms with E-state index in [4.69, 9.17) is 4.74 Å². The van der Waals surface area contributed by atoms with Crippen LogP contribution in [0.2, 0.25) is 0 Å². The molecular weight excluding hydrogens is 322 g/mol. The fourth-order valence-corrected chi connectivity index (χ4v) is 2.62. The number of aromatic amines is 1. The number of amides is 1. The zero-order valence-electron chi connectivity index (χ0n) is 14.6. The van der Waals surface area contributed by atoms with Crippen molar-refractivity contribution in [1.82, 2.24) is 30.0 Å². The Bertz CT molecular complexity index is 704. The van der Waals surface area contributed by atoms with E-state index in [-0.39, 0.29) is 24.0 Å². The Morgan fingerprint density at radius 1 is 1.36 bits per heavy atom. The molecule has 25 heavy (non-hydrogen) atoms. The van der Waals surface area contributed by atoms with Crippen molar-refractivity contribution >= 4 is 11.9 Å². The van der Waals surface area contributed by atoms with Crippen LogP contribution in [0.5, 0.6) is 0 Å². The second kappa shape index (κ2) is 7.66.